The Bertz CT molecular complexity index is 812. The molecule has 0 spiro atoms. The second-order valence-electron chi connectivity index (χ2n) is 9.12. The van der Waals surface area contributed by atoms with Crippen LogP contribution in [0, 0.1) is 16.7 Å². The molecule has 1 unspecified atom stereocenters. The van der Waals surface area contributed by atoms with Gasteiger partial charge in [0.2, 0.25) is 11.8 Å². The van der Waals surface area contributed by atoms with Gasteiger partial charge >= 0.3 is 0 Å². The lowest BCUT2D eigenvalue weighted by molar-refractivity contribution is -0.141. The normalized spacial score (nSPS) is 26.4. The number of carbonyl (C=O) groups excluding carboxylic acids is 3. The van der Waals surface area contributed by atoms with Crippen LogP contribution in [0.25, 0.3) is 0 Å². The highest BCUT2D eigenvalue weighted by atomic mass is 79.9. The van der Waals surface area contributed by atoms with E-state index in [2.05, 4.69) is 43.6 Å². The Balaban J connectivity index is 1.61. The number of nitrogens with zero attached hydrogens (tertiary/aromatic N) is 2. The lowest BCUT2D eigenvalue weighted by atomic mass is 10.0. The molecule has 144 valence electrons. The van der Waals surface area contributed by atoms with Gasteiger partial charge in [-0.1, -0.05) is 43.6 Å². The van der Waals surface area contributed by atoms with E-state index in [0.29, 0.717) is 5.69 Å². The van der Waals surface area contributed by atoms with Crippen molar-refractivity contribution < 1.29 is 14.4 Å². The van der Waals surface area contributed by atoms with Crippen LogP contribution in [0.15, 0.2) is 28.7 Å². The van der Waals surface area contributed by atoms with Gasteiger partial charge in [0, 0.05) is 16.4 Å². The van der Waals surface area contributed by atoms with Crippen molar-refractivity contribution in [3.8, 4) is 0 Å². The predicted octanol–water partition coefficient (Wildman–Crippen LogP) is 3.75. The van der Waals surface area contributed by atoms with Gasteiger partial charge < -0.3 is 4.90 Å². The van der Waals surface area contributed by atoms with Crippen LogP contribution in [0.4, 0.5) is 5.69 Å². The zero-order valence-electron chi connectivity index (χ0n) is 16.2. The SMILES string of the molecule is CC1(C)C(C(=O)N(C2CC2)C2CC(=O)N(c3ccc(Br)cc3)C2=O)C1(C)C. The van der Waals surface area contributed by atoms with Crippen LogP contribution in [0.2, 0.25) is 0 Å². The van der Waals surface area contributed by atoms with Crippen molar-refractivity contribution in [3.63, 3.8) is 0 Å². The number of hydrogen-bond donors (Lipinski definition) is 0. The summed E-state index contributed by atoms with van der Waals surface area (Å²) in [4.78, 5) is 42.2. The molecule has 4 rings (SSSR count). The molecule has 1 aromatic carbocycles. The monoisotopic (exact) mass is 432 g/mol. The number of benzene rings is 1. The largest absolute Gasteiger partial charge is 0.327 e. The number of rotatable bonds is 4. The summed E-state index contributed by atoms with van der Waals surface area (Å²) in [5.74, 6) is -0.578. The molecular formula is C21H25BrN2O3. The number of hydrogen-bond acceptors (Lipinski definition) is 3. The standard InChI is InChI=1S/C21H25BrN2O3/c1-20(2)17(21(20,3)4)19(27)23(13-9-10-13)15-11-16(25)24(18(15)26)14-7-5-12(22)6-8-14/h5-8,13,15,17H,9-11H2,1-4H3. The lowest BCUT2D eigenvalue weighted by Crippen LogP contribution is -2.48. The Morgan fingerprint density at radius 3 is 2.11 bits per heavy atom. The third kappa shape index (κ3) is 2.75. The Hall–Kier alpha value is -1.69. The van der Waals surface area contributed by atoms with E-state index >= 15 is 0 Å². The number of imide groups is 1. The van der Waals surface area contributed by atoms with Crippen LogP contribution in [-0.4, -0.2) is 34.7 Å². The first kappa shape index (κ1) is 18.7. The zero-order chi connectivity index (χ0) is 19.7. The summed E-state index contributed by atoms with van der Waals surface area (Å²) in [6, 6.07) is 6.53. The molecule has 1 aliphatic heterocycles. The number of anilines is 1. The first-order chi connectivity index (χ1) is 12.6. The van der Waals surface area contributed by atoms with Gasteiger partial charge in [-0.25, -0.2) is 4.90 Å². The highest BCUT2D eigenvalue weighted by molar-refractivity contribution is 9.10. The first-order valence-electron chi connectivity index (χ1n) is 9.52. The Kier molecular flexibility index (Phi) is 4.08. The van der Waals surface area contributed by atoms with Crippen molar-refractivity contribution in [1.29, 1.82) is 0 Å². The predicted molar refractivity (Wildman–Crippen MR) is 106 cm³/mol. The molecule has 2 saturated carbocycles. The Labute approximate surface area is 168 Å². The second kappa shape index (κ2) is 5.90. The van der Waals surface area contributed by atoms with Crippen LogP contribution in [0.3, 0.4) is 0 Å². The number of amides is 3. The second-order valence-corrected chi connectivity index (χ2v) is 10.0. The molecule has 1 heterocycles. The molecule has 1 saturated heterocycles. The van der Waals surface area contributed by atoms with Crippen molar-refractivity contribution >= 4 is 39.3 Å². The highest BCUT2D eigenvalue weighted by Crippen LogP contribution is 2.69. The van der Waals surface area contributed by atoms with Crippen molar-refractivity contribution in [2.75, 3.05) is 4.90 Å². The van der Waals surface area contributed by atoms with E-state index in [9.17, 15) is 14.4 Å². The van der Waals surface area contributed by atoms with Gasteiger partial charge in [0.05, 0.1) is 12.1 Å². The van der Waals surface area contributed by atoms with E-state index in [1.54, 1.807) is 17.0 Å². The summed E-state index contributed by atoms with van der Waals surface area (Å²) in [7, 11) is 0. The minimum absolute atomic E-state index is 0.0382. The van der Waals surface area contributed by atoms with Crippen LogP contribution in [-0.2, 0) is 14.4 Å². The van der Waals surface area contributed by atoms with Gasteiger partial charge in [0.15, 0.2) is 0 Å². The molecule has 0 bridgehead atoms. The van der Waals surface area contributed by atoms with Crippen molar-refractivity contribution in [2.24, 2.45) is 16.7 Å². The molecule has 0 N–H and O–H groups in total. The lowest BCUT2D eigenvalue weighted by Gasteiger charge is -2.28. The molecule has 6 heteroatoms. The topological polar surface area (TPSA) is 57.7 Å². The zero-order valence-corrected chi connectivity index (χ0v) is 17.7. The maximum Gasteiger partial charge on any atom is 0.257 e. The molecular weight excluding hydrogens is 408 g/mol. The maximum atomic E-state index is 13.4. The van der Waals surface area contributed by atoms with Crippen molar-refractivity contribution in [1.82, 2.24) is 4.90 Å². The first-order valence-corrected chi connectivity index (χ1v) is 10.3. The summed E-state index contributed by atoms with van der Waals surface area (Å²) in [6.07, 6.45) is 1.90. The van der Waals surface area contributed by atoms with E-state index in [-0.39, 0.29) is 46.9 Å². The van der Waals surface area contributed by atoms with Crippen molar-refractivity contribution in [3.05, 3.63) is 28.7 Å². The maximum absolute atomic E-state index is 13.4. The van der Waals surface area contributed by atoms with Crippen LogP contribution >= 0.6 is 15.9 Å². The molecule has 1 aromatic rings. The molecule has 27 heavy (non-hydrogen) atoms. The molecule has 0 radical (unpaired) electrons. The molecule has 3 fully saturated rings. The van der Waals surface area contributed by atoms with Crippen LogP contribution in [0.1, 0.15) is 47.0 Å². The molecule has 2 aliphatic carbocycles. The van der Waals surface area contributed by atoms with Gasteiger partial charge in [0.25, 0.3) is 5.91 Å². The average Bonchev–Trinajstić information content (AvgIpc) is 3.43. The number of halogens is 1. The summed E-state index contributed by atoms with van der Waals surface area (Å²) in [5, 5.41) is 0. The summed E-state index contributed by atoms with van der Waals surface area (Å²) in [5.41, 5.74) is 0.383. The van der Waals surface area contributed by atoms with Gasteiger partial charge in [-0.3, -0.25) is 14.4 Å². The fourth-order valence-electron chi connectivity index (χ4n) is 4.60. The van der Waals surface area contributed by atoms with E-state index in [1.807, 2.05) is 12.1 Å². The third-order valence-electron chi connectivity index (χ3n) is 7.01. The quantitative estimate of drug-likeness (QED) is 0.680. The van der Waals surface area contributed by atoms with Gasteiger partial charge in [-0.15, -0.1) is 0 Å². The average molecular weight is 433 g/mol. The summed E-state index contributed by atoms with van der Waals surface area (Å²) >= 11 is 3.37. The number of carbonyl (C=O) groups is 3. The van der Waals surface area contributed by atoms with Crippen LogP contribution in [0.5, 0.6) is 0 Å². The Morgan fingerprint density at radius 2 is 1.63 bits per heavy atom. The molecule has 5 nitrogen and oxygen atoms in total. The highest BCUT2D eigenvalue weighted by Gasteiger charge is 2.70. The minimum Gasteiger partial charge on any atom is -0.327 e. The van der Waals surface area contributed by atoms with Gasteiger partial charge in [-0.05, 0) is 47.9 Å². The van der Waals surface area contributed by atoms with E-state index < -0.39 is 6.04 Å². The molecule has 3 amide bonds. The van der Waals surface area contributed by atoms with Crippen molar-refractivity contribution in [2.45, 2.75) is 59.0 Å². The van der Waals surface area contributed by atoms with Gasteiger partial charge in [0.1, 0.15) is 6.04 Å². The smallest absolute Gasteiger partial charge is 0.257 e. The summed E-state index contributed by atoms with van der Waals surface area (Å²) < 4.78 is 0.884. The van der Waals surface area contributed by atoms with Gasteiger partial charge in [-0.2, -0.15) is 0 Å². The Morgan fingerprint density at radius 1 is 1.07 bits per heavy atom. The van der Waals surface area contributed by atoms with E-state index in [0.717, 1.165) is 17.3 Å². The summed E-state index contributed by atoms with van der Waals surface area (Å²) in [6.45, 7) is 8.43. The molecule has 3 aliphatic rings. The fourth-order valence-corrected chi connectivity index (χ4v) is 4.86. The van der Waals surface area contributed by atoms with E-state index in [4.69, 9.17) is 0 Å². The molecule has 1 atom stereocenters. The molecule has 0 aromatic heterocycles. The van der Waals surface area contributed by atoms with Crippen LogP contribution < -0.4 is 4.90 Å². The fraction of sp³-hybridized carbons (Fsp3) is 0.571. The minimum atomic E-state index is -0.673. The third-order valence-corrected chi connectivity index (χ3v) is 7.53. The van der Waals surface area contributed by atoms with E-state index in [1.165, 1.54) is 4.90 Å².